The Morgan fingerprint density at radius 1 is 0.848 bits per heavy atom. The van der Waals surface area contributed by atoms with Gasteiger partial charge in [0.1, 0.15) is 17.3 Å². The first-order chi connectivity index (χ1) is 15.9. The number of benzene rings is 3. The van der Waals surface area contributed by atoms with Gasteiger partial charge in [0.2, 0.25) is 0 Å². The van der Waals surface area contributed by atoms with Gasteiger partial charge in [-0.05, 0) is 30.7 Å². The first kappa shape index (κ1) is 22.0. The molecule has 0 aliphatic carbocycles. The lowest BCUT2D eigenvalue weighted by Crippen LogP contribution is -2.13. The van der Waals surface area contributed by atoms with Crippen molar-refractivity contribution in [2.24, 2.45) is 0 Å². The molecule has 4 rings (SSSR count). The molecule has 8 nitrogen and oxygen atoms in total. The summed E-state index contributed by atoms with van der Waals surface area (Å²) in [5.41, 5.74) is 4.41. The van der Waals surface area contributed by atoms with Crippen molar-refractivity contribution in [3.63, 3.8) is 0 Å². The lowest BCUT2D eigenvalue weighted by molar-refractivity contribution is 0.102. The molecule has 170 valence electrons. The van der Waals surface area contributed by atoms with Crippen molar-refractivity contribution in [2.75, 3.05) is 33.8 Å². The molecule has 33 heavy (non-hydrogen) atoms. The van der Waals surface area contributed by atoms with E-state index in [4.69, 9.17) is 18.9 Å². The molecule has 0 saturated carbocycles. The van der Waals surface area contributed by atoms with Gasteiger partial charge in [-0.3, -0.25) is 4.79 Å². The van der Waals surface area contributed by atoms with E-state index in [1.807, 2.05) is 37.3 Å². The fraction of sp³-hybridized carbons (Fsp3) is 0.200. The van der Waals surface area contributed by atoms with Crippen LogP contribution in [-0.4, -0.2) is 44.3 Å². The molecular weight excluding hydrogens is 422 g/mol. The largest absolute Gasteiger partial charge is 0.497 e. The average molecular weight is 447 g/mol. The Morgan fingerprint density at radius 2 is 1.52 bits per heavy atom. The molecule has 4 aromatic rings. The summed E-state index contributed by atoms with van der Waals surface area (Å²) in [5.74, 6) is 2.70. The van der Waals surface area contributed by atoms with Gasteiger partial charge in [0.15, 0.2) is 11.5 Å². The van der Waals surface area contributed by atoms with Crippen molar-refractivity contribution in [2.45, 2.75) is 6.92 Å². The summed E-state index contributed by atoms with van der Waals surface area (Å²) >= 11 is 0. The van der Waals surface area contributed by atoms with Crippen molar-refractivity contribution in [1.29, 1.82) is 0 Å². The minimum Gasteiger partial charge on any atom is -0.497 e. The molecule has 0 unspecified atom stereocenters. The van der Waals surface area contributed by atoms with Gasteiger partial charge in [0, 0.05) is 35.0 Å². The molecule has 1 heterocycles. The highest BCUT2D eigenvalue weighted by molar-refractivity contribution is 6.05. The van der Waals surface area contributed by atoms with Gasteiger partial charge >= 0.3 is 0 Å². The zero-order chi connectivity index (χ0) is 23.5. The average Bonchev–Trinajstić information content (AvgIpc) is 3.26. The van der Waals surface area contributed by atoms with E-state index in [1.165, 1.54) is 0 Å². The van der Waals surface area contributed by atoms with Crippen LogP contribution in [0.4, 0.5) is 5.69 Å². The fourth-order valence-corrected chi connectivity index (χ4v) is 3.51. The van der Waals surface area contributed by atoms with Crippen molar-refractivity contribution in [3.05, 3.63) is 59.7 Å². The summed E-state index contributed by atoms with van der Waals surface area (Å²) in [6, 6.07) is 14.5. The molecule has 0 saturated heterocycles. The highest BCUT2D eigenvalue weighted by Gasteiger charge is 2.15. The number of rotatable bonds is 7. The fourth-order valence-electron chi connectivity index (χ4n) is 3.51. The Hall–Kier alpha value is -4.20. The van der Waals surface area contributed by atoms with Crippen molar-refractivity contribution < 1.29 is 23.7 Å². The molecule has 0 aliphatic heterocycles. The van der Waals surface area contributed by atoms with Gasteiger partial charge in [-0.15, -0.1) is 0 Å². The molecule has 0 atom stereocenters. The van der Waals surface area contributed by atoms with E-state index in [0.717, 1.165) is 22.2 Å². The number of methoxy groups -OCH3 is 4. The SMILES string of the molecule is COc1cc(OC)cc(C(=O)Nc2cc(-c3nc4cc(OC)c(OC)cc4[nH]3)ccc2C)c1. The van der Waals surface area contributed by atoms with E-state index < -0.39 is 0 Å². The highest BCUT2D eigenvalue weighted by atomic mass is 16.5. The number of ether oxygens (including phenoxy) is 4. The summed E-state index contributed by atoms with van der Waals surface area (Å²) in [6.45, 7) is 1.93. The lowest BCUT2D eigenvalue weighted by atomic mass is 10.1. The number of nitrogens with one attached hydrogen (secondary N) is 2. The predicted molar refractivity (Wildman–Crippen MR) is 127 cm³/mol. The quantitative estimate of drug-likeness (QED) is 0.422. The van der Waals surface area contributed by atoms with Crippen LogP contribution in [-0.2, 0) is 0 Å². The number of aryl methyl sites for hydroxylation is 1. The second kappa shape index (κ2) is 9.12. The van der Waals surface area contributed by atoms with E-state index in [0.29, 0.717) is 40.1 Å². The number of carbonyl (C=O) groups excluding carboxylic acids is 1. The van der Waals surface area contributed by atoms with E-state index in [2.05, 4.69) is 15.3 Å². The first-order valence-electron chi connectivity index (χ1n) is 10.2. The molecule has 1 amide bonds. The molecule has 3 aromatic carbocycles. The number of aromatic nitrogens is 2. The maximum Gasteiger partial charge on any atom is 0.255 e. The van der Waals surface area contributed by atoms with E-state index in [1.54, 1.807) is 46.6 Å². The van der Waals surface area contributed by atoms with Gasteiger partial charge in [0.25, 0.3) is 5.91 Å². The summed E-state index contributed by atoms with van der Waals surface area (Å²) in [5, 5.41) is 2.98. The molecule has 2 N–H and O–H groups in total. The number of amides is 1. The minimum atomic E-state index is -0.272. The van der Waals surface area contributed by atoms with Gasteiger partial charge < -0.3 is 29.2 Å². The van der Waals surface area contributed by atoms with Crippen molar-refractivity contribution in [3.8, 4) is 34.4 Å². The molecule has 0 aliphatic rings. The van der Waals surface area contributed by atoms with Crippen LogP contribution in [0.5, 0.6) is 23.0 Å². The molecule has 0 bridgehead atoms. The Bertz CT molecular complexity index is 1270. The minimum absolute atomic E-state index is 0.272. The number of hydrogen-bond acceptors (Lipinski definition) is 6. The van der Waals surface area contributed by atoms with E-state index in [-0.39, 0.29) is 5.91 Å². The van der Waals surface area contributed by atoms with Gasteiger partial charge in [-0.1, -0.05) is 12.1 Å². The third-order valence-corrected chi connectivity index (χ3v) is 5.36. The number of fused-ring (bicyclic) bond motifs is 1. The Labute approximate surface area is 191 Å². The molecule has 0 spiro atoms. The topological polar surface area (TPSA) is 94.7 Å². The van der Waals surface area contributed by atoms with E-state index >= 15 is 0 Å². The van der Waals surface area contributed by atoms with Crippen LogP contribution in [0.15, 0.2) is 48.5 Å². The first-order valence-corrected chi connectivity index (χ1v) is 10.2. The third kappa shape index (κ3) is 4.41. The number of nitrogens with zero attached hydrogens (tertiary/aromatic N) is 1. The number of aromatic amines is 1. The van der Waals surface area contributed by atoms with Gasteiger partial charge in [-0.25, -0.2) is 4.98 Å². The third-order valence-electron chi connectivity index (χ3n) is 5.36. The van der Waals surface area contributed by atoms with Gasteiger partial charge in [0.05, 0.1) is 39.5 Å². The van der Waals surface area contributed by atoms with E-state index in [9.17, 15) is 4.79 Å². The molecule has 0 radical (unpaired) electrons. The standard InChI is InChI=1S/C25H25N3O5/c1-14-6-7-15(24-26-20-12-22(32-4)23(33-5)13-21(20)27-24)10-19(14)28-25(29)16-8-17(30-2)11-18(9-16)31-3/h6-13H,1-5H3,(H,26,27)(H,28,29). The Kier molecular flexibility index (Phi) is 6.08. The van der Waals surface area contributed by atoms with Crippen LogP contribution < -0.4 is 24.3 Å². The van der Waals surface area contributed by atoms with Crippen LogP contribution in [0.1, 0.15) is 15.9 Å². The molecule has 1 aromatic heterocycles. The molecule has 0 fully saturated rings. The maximum atomic E-state index is 13.0. The van der Waals surface area contributed by atoms with Crippen LogP contribution in [0.25, 0.3) is 22.4 Å². The number of hydrogen-bond donors (Lipinski definition) is 2. The second-order valence-electron chi connectivity index (χ2n) is 7.39. The van der Waals surface area contributed by atoms with Crippen LogP contribution in [0.3, 0.4) is 0 Å². The second-order valence-corrected chi connectivity index (χ2v) is 7.39. The zero-order valence-electron chi connectivity index (χ0n) is 19.1. The monoisotopic (exact) mass is 447 g/mol. The zero-order valence-corrected chi connectivity index (χ0v) is 19.1. The van der Waals surface area contributed by atoms with Crippen LogP contribution >= 0.6 is 0 Å². The number of carbonyl (C=O) groups is 1. The maximum absolute atomic E-state index is 13.0. The lowest BCUT2D eigenvalue weighted by Gasteiger charge is -2.12. The van der Waals surface area contributed by atoms with Crippen molar-refractivity contribution >= 4 is 22.6 Å². The smallest absolute Gasteiger partial charge is 0.255 e. The van der Waals surface area contributed by atoms with Crippen LogP contribution in [0.2, 0.25) is 0 Å². The number of imidazole rings is 1. The van der Waals surface area contributed by atoms with Gasteiger partial charge in [-0.2, -0.15) is 0 Å². The molecular formula is C25H25N3O5. The number of H-pyrrole nitrogens is 1. The summed E-state index contributed by atoms with van der Waals surface area (Å²) in [4.78, 5) is 20.9. The van der Waals surface area contributed by atoms with Crippen LogP contribution in [0, 0.1) is 6.92 Å². The highest BCUT2D eigenvalue weighted by Crippen LogP contribution is 2.33. The van der Waals surface area contributed by atoms with Crippen molar-refractivity contribution in [1.82, 2.24) is 9.97 Å². The Balaban J connectivity index is 1.67. The molecule has 8 heteroatoms. The summed E-state index contributed by atoms with van der Waals surface area (Å²) in [7, 11) is 6.27. The summed E-state index contributed by atoms with van der Waals surface area (Å²) in [6.07, 6.45) is 0. The number of anilines is 1. The predicted octanol–water partition coefficient (Wildman–Crippen LogP) is 4.83. The summed E-state index contributed by atoms with van der Waals surface area (Å²) < 4.78 is 21.3. The Morgan fingerprint density at radius 3 is 2.15 bits per heavy atom. The normalized spacial score (nSPS) is 10.7.